The molecule has 0 aliphatic heterocycles. The number of fused-ring (bicyclic) bond motifs is 4. The lowest BCUT2D eigenvalue weighted by Gasteiger charge is -2.20. The minimum atomic E-state index is 0.0132. The first-order chi connectivity index (χ1) is 21.4. The van der Waals surface area contributed by atoms with Crippen molar-refractivity contribution in [2.45, 2.75) is 26.2 Å². The van der Waals surface area contributed by atoms with Crippen LogP contribution in [0.1, 0.15) is 26.3 Å². The van der Waals surface area contributed by atoms with Gasteiger partial charge in [0.1, 0.15) is 17.3 Å². The highest BCUT2D eigenvalue weighted by Crippen LogP contribution is 2.36. The summed E-state index contributed by atoms with van der Waals surface area (Å²) in [5.41, 5.74) is 6.60. The van der Waals surface area contributed by atoms with Gasteiger partial charge >= 0.3 is 0 Å². The van der Waals surface area contributed by atoms with Gasteiger partial charge in [-0.15, -0.1) is 0 Å². The van der Waals surface area contributed by atoms with Crippen molar-refractivity contribution >= 4 is 27.6 Å². The van der Waals surface area contributed by atoms with Gasteiger partial charge in [-0.1, -0.05) is 75.4 Å². The number of nitrogens with zero attached hydrogens (tertiary/aromatic N) is 5. The standard InChI is InChI=1S/C38H31N5O/c1-38(2,3)27-18-19-39-36(22-27)43-33-15-8-7-14-31(33)32-17-16-30(24-34(32)43)44-29-13-9-12-28(23-29)42-25-35(26-10-5-4-6-11-26)41-21-20-40-37(41)42/h4-25H,1-3H3. The van der Waals surface area contributed by atoms with Crippen molar-refractivity contribution in [1.82, 2.24) is 23.5 Å². The van der Waals surface area contributed by atoms with E-state index in [1.807, 2.05) is 42.9 Å². The molecular weight excluding hydrogens is 542 g/mol. The van der Waals surface area contributed by atoms with E-state index in [2.05, 4.69) is 130 Å². The van der Waals surface area contributed by atoms with Crippen LogP contribution in [-0.2, 0) is 5.41 Å². The van der Waals surface area contributed by atoms with Crippen LogP contribution in [0.25, 0.3) is 50.3 Å². The van der Waals surface area contributed by atoms with Crippen molar-refractivity contribution in [2.24, 2.45) is 0 Å². The summed E-state index contributed by atoms with van der Waals surface area (Å²) in [5, 5.41) is 2.34. The number of pyridine rings is 1. The average Bonchev–Trinajstić information content (AvgIpc) is 3.74. The number of rotatable bonds is 5. The van der Waals surface area contributed by atoms with E-state index >= 15 is 0 Å². The summed E-state index contributed by atoms with van der Waals surface area (Å²) in [4.78, 5) is 9.46. The fourth-order valence-corrected chi connectivity index (χ4v) is 6.02. The minimum Gasteiger partial charge on any atom is -0.457 e. The molecule has 0 aliphatic rings. The number of para-hydroxylation sites is 1. The Hall–Kier alpha value is -5.62. The Balaban J connectivity index is 1.21. The summed E-state index contributed by atoms with van der Waals surface area (Å²) in [6, 6.07) is 37.6. The van der Waals surface area contributed by atoms with Crippen molar-refractivity contribution in [3.8, 4) is 34.3 Å². The molecule has 0 N–H and O–H groups in total. The first-order valence-electron chi connectivity index (χ1n) is 14.8. The molecule has 214 valence electrons. The molecular formula is C38H31N5O. The highest BCUT2D eigenvalue weighted by Gasteiger charge is 2.18. The van der Waals surface area contributed by atoms with Crippen LogP contribution in [0.5, 0.6) is 11.5 Å². The number of hydrogen-bond acceptors (Lipinski definition) is 3. The lowest BCUT2D eigenvalue weighted by Crippen LogP contribution is -2.12. The van der Waals surface area contributed by atoms with E-state index in [1.54, 1.807) is 0 Å². The predicted molar refractivity (Wildman–Crippen MR) is 177 cm³/mol. The molecule has 0 saturated heterocycles. The predicted octanol–water partition coefficient (Wildman–Crippen LogP) is 9.37. The maximum absolute atomic E-state index is 6.52. The monoisotopic (exact) mass is 573 g/mol. The number of hydrogen-bond donors (Lipinski definition) is 0. The van der Waals surface area contributed by atoms with Gasteiger partial charge in [0.05, 0.1) is 22.4 Å². The van der Waals surface area contributed by atoms with Gasteiger partial charge in [0.25, 0.3) is 0 Å². The molecule has 0 bridgehead atoms. The summed E-state index contributed by atoms with van der Waals surface area (Å²) >= 11 is 0. The van der Waals surface area contributed by atoms with Crippen LogP contribution in [0.3, 0.4) is 0 Å². The summed E-state index contributed by atoms with van der Waals surface area (Å²) in [6.45, 7) is 6.68. The van der Waals surface area contributed by atoms with Crippen molar-refractivity contribution < 1.29 is 4.74 Å². The molecule has 8 rings (SSSR count). The summed E-state index contributed by atoms with van der Waals surface area (Å²) in [7, 11) is 0. The van der Waals surface area contributed by atoms with Gasteiger partial charge in [0.2, 0.25) is 5.78 Å². The molecule has 0 unspecified atom stereocenters. The Morgan fingerprint density at radius 3 is 2.32 bits per heavy atom. The third-order valence-corrected chi connectivity index (χ3v) is 8.23. The topological polar surface area (TPSA) is 49.3 Å². The number of benzene rings is 4. The van der Waals surface area contributed by atoms with Crippen LogP contribution < -0.4 is 4.74 Å². The lowest BCUT2D eigenvalue weighted by atomic mass is 9.88. The van der Waals surface area contributed by atoms with E-state index in [0.29, 0.717) is 0 Å². The Kier molecular flexibility index (Phi) is 5.91. The van der Waals surface area contributed by atoms with Gasteiger partial charge in [-0.25, -0.2) is 9.97 Å². The van der Waals surface area contributed by atoms with E-state index in [1.165, 1.54) is 10.9 Å². The third-order valence-electron chi connectivity index (χ3n) is 8.23. The summed E-state index contributed by atoms with van der Waals surface area (Å²) < 4.78 is 13.0. The van der Waals surface area contributed by atoms with Gasteiger partial charge in [-0.3, -0.25) is 13.5 Å². The second-order valence-electron chi connectivity index (χ2n) is 12.1. The summed E-state index contributed by atoms with van der Waals surface area (Å²) in [5.74, 6) is 3.25. The average molecular weight is 574 g/mol. The van der Waals surface area contributed by atoms with Crippen LogP contribution in [0.2, 0.25) is 0 Å². The van der Waals surface area contributed by atoms with Crippen LogP contribution in [0, 0.1) is 0 Å². The molecule has 0 atom stereocenters. The maximum atomic E-state index is 6.52. The van der Waals surface area contributed by atoms with Crippen molar-refractivity contribution in [3.63, 3.8) is 0 Å². The summed E-state index contributed by atoms with van der Waals surface area (Å²) in [6.07, 6.45) is 7.86. The quantitative estimate of drug-likeness (QED) is 0.206. The molecule has 4 heterocycles. The number of ether oxygens (including phenoxy) is 1. The molecule has 0 radical (unpaired) electrons. The zero-order valence-electron chi connectivity index (χ0n) is 24.8. The van der Waals surface area contributed by atoms with Crippen LogP contribution >= 0.6 is 0 Å². The van der Waals surface area contributed by atoms with E-state index in [9.17, 15) is 0 Å². The fourth-order valence-electron chi connectivity index (χ4n) is 6.02. The molecule has 0 aliphatic carbocycles. The zero-order chi connectivity index (χ0) is 29.8. The molecule has 0 spiro atoms. The van der Waals surface area contributed by atoms with E-state index in [-0.39, 0.29) is 5.41 Å². The first-order valence-corrected chi connectivity index (χ1v) is 14.8. The van der Waals surface area contributed by atoms with E-state index < -0.39 is 0 Å². The largest absolute Gasteiger partial charge is 0.457 e. The molecule has 4 aromatic heterocycles. The third kappa shape index (κ3) is 4.34. The van der Waals surface area contributed by atoms with E-state index in [4.69, 9.17) is 9.72 Å². The lowest BCUT2D eigenvalue weighted by molar-refractivity contribution is 0.483. The molecule has 6 heteroatoms. The van der Waals surface area contributed by atoms with Gasteiger partial charge in [0, 0.05) is 53.3 Å². The van der Waals surface area contributed by atoms with Crippen molar-refractivity contribution in [2.75, 3.05) is 0 Å². The SMILES string of the molecule is CC(C)(C)c1ccnc(-n2c3ccccc3c3ccc(Oc4cccc(-n5cc(-c6ccccc6)n6ccnc56)c4)cc32)c1. The molecule has 0 amide bonds. The number of imidazole rings is 2. The molecule has 0 saturated carbocycles. The fraction of sp³-hybridized carbons (Fsp3) is 0.105. The Labute approximate surface area is 255 Å². The molecule has 8 aromatic rings. The molecule has 0 fully saturated rings. The van der Waals surface area contributed by atoms with E-state index in [0.717, 1.165) is 56.5 Å². The van der Waals surface area contributed by atoms with Crippen molar-refractivity contribution in [1.29, 1.82) is 0 Å². The smallest absolute Gasteiger partial charge is 0.219 e. The maximum Gasteiger partial charge on any atom is 0.219 e. The van der Waals surface area contributed by atoms with Gasteiger partial charge in [-0.05, 0) is 53.4 Å². The van der Waals surface area contributed by atoms with Crippen LogP contribution in [-0.4, -0.2) is 23.5 Å². The highest BCUT2D eigenvalue weighted by atomic mass is 16.5. The molecule has 4 aromatic carbocycles. The van der Waals surface area contributed by atoms with Gasteiger partial charge < -0.3 is 4.74 Å². The van der Waals surface area contributed by atoms with Crippen LogP contribution in [0.4, 0.5) is 0 Å². The van der Waals surface area contributed by atoms with Gasteiger partial charge in [0.15, 0.2) is 0 Å². The minimum absolute atomic E-state index is 0.0132. The highest BCUT2D eigenvalue weighted by molar-refractivity contribution is 6.09. The van der Waals surface area contributed by atoms with Crippen molar-refractivity contribution in [3.05, 3.63) is 140 Å². The normalized spacial score (nSPS) is 12.0. The molecule has 44 heavy (non-hydrogen) atoms. The Morgan fingerprint density at radius 1 is 0.659 bits per heavy atom. The first kappa shape index (κ1) is 26.0. The second kappa shape index (κ2) is 9.99. The zero-order valence-corrected chi connectivity index (χ0v) is 24.8. The Bertz CT molecular complexity index is 2300. The van der Waals surface area contributed by atoms with Gasteiger partial charge in [-0.2, -0.15) is 0 Å². The molecule has 6 nitrogen and oxygen atoms in total. The second-order valence-corrected chi connectivity index (χ2v) is 12.1. The van der Waals surface area contributed by atoms with Crippen LogP contribution in [0.15, 0.2) is 134 Å². The Morgan fingerprint density at radius 2 is 1.45 bits per heavy atom. The number of aromatic nitrogens is 5.